The van der Waals surface area contributed by atoms with Gasteiger partial charge in [-0.2, -0.15) is 0 Å². The minimum absolute atomic E-state index is 0.833. The van der Waals surface area contributed by atoms with Crippen LogP contribution in [0.4, 0.5) is 0 Å². The first-order valence-corrected chi connectivity index (χ1v) is 16.2. The molecular formula is C34H62O2. The Balaban J connectivity index is 2.92. The zero-order valence-electron chi connectivity index (χ0n) is 24.9. The van der Waals surface area contributed by atoms with Crippen LogP contribution in [0.3, 0.4) is 0 Å². The first-order valence-electron chi connectivity index (χ1n) is 16.2. The molecule has 2 heteroatoms. The van der Waals surface area contributed by atoms with E-state index >= 15 is 0 Å². The number of aryl methyl sites for hydroxylation is 1. The Bertz CT molecular complexity index is 609. The molecule has 0 aliphatic carbocycles. The molecule has 0 aromatic heterocycles. The minimum atomic E-state index is 0.833. The summed E-state index contributed by atoms with van der Waals surface area (Å²) in [6.45, 7) is 10.8. The van der Waals surface area contributed by atoms with Gasteiger partial charge in [0.05, 0.1) is 13.2 Å². The second-order valence-corrected chi connectivity index (χ2v) is 10.9. The zero-order chi connectivity index (χ0) is 26.1. The summed E-state index contributed by atoms with van der Waals surface area (Å²) < 4.78 is 13.1. The Morgan fingerprint density at radius 2 is 0.889 bits per heavy atom. The molecular weight excluding hydrogens is 440 g/mol. The lowest BCUT2D eigenvalue weighted by Gasteiger charge is -2.20. The SMILES string of the molecule is CCCCCCCOc1ccc(CCCCCCC)c(OCCCCCCC)c1CCCCCCC. The van der Waals surface area contributed by atoms with Crippen molar-refractivity contribution in [1.29, 1.82) is 0 Å². The van der Waals surface area contributed by atoms with Gasteiger partial charge in [0.25, 0.3) is 0 Å². The lowest BCUT2D eigenvalue weighted by molar-refractivity contribution is 0.281. The van der Waals surface area contributed by atoms with Crippen molar-refractivity contribution in [3.05, 3.63) is 23.3 Å². The van der Waals surface area contributed by atoms with Crippen molar-refractivity contribution in [1.82, 2.24) is 0 Å². The number of benzene rings is 1. The smallest absolute Gasteiger partial charge is 0.129 e. The number of hydrogen-bond donors (Lipinski definition) is 0. The third-order valence-electron chi connectivity index (χ3n) is 7.38. The van der Waals surface area contributed by atoms with E-state index in [1.54, 1.807) is 0 Å². The van der Waals surface area contributed by atoms with E-state index in [2.05, 4.69) is 39.8 Å². The van der Waals surface area contributed by atoms with Crippen molar-refractivity contribution in [2.45, 2.75) is 169 Å². The fraction of sp³-hybridized carbons (Fsp3) is 0.824. The third-order valence-corrected chi connectivity index (χ3v) is 7.38. The first-order chi connectivity index (χ1) is 17.8. The Labute approximate surface area is 226 Å². The van der Waals surface area contributed by atoms with Crippen molar-refractivity contribution >= 4 is 0 Å². The molecule has 0 saturated carbocycles. The molecule has 0 spiro atoms. The van der Waals surface area contributed by atoms with E-state index in [0.717, 1.165) is 44.6 Å². The quantitative estimate of drug-likeness (QED) is 0.117. The molecule has 1 aromatic rings. The summed E-state index contributed by atoms with van der Waals surface area (Å²) in [4.78, 5) is 0. The maximum atomic E-state index is 6.62. The van der Waals surface area contributed by atoms with Crippen LogP contribution in [0.15, 0.2) is 12.1 Å². The molecule has 0 heterocycles. The maximum Gasteiger partial charge on any atom is 0.129 e. The topological polar surface area (TPSA) is 18.5 Å². The van der Waals surface area contributed by atoms with Gasteiger partial charge in [0.2, 0.25) is 0 Å². The van der Waals surface area contributed by atoms with E-state index in [1.807, 2.05) is 0 Å². The van der Waals surface area contributed by atoms with Gasteiger partial charge in [-0.3, -0.25) is 0 Å². The summed E-state index contributed by atoms with van der Waals surface area (Å²) in [7, 11) is 0. The van der Waals surface area contributed by atoms with Gasteiger partial charge in [0.1, 0.15) is 11.5 Å². The summed E-state index contributed by atoms with van der Waals surface area (Å²) >= 11 is 0. The fourth-order valence-corrected chi connectivity index (χ4v) is 5.00. The number of rotatable bonds is 26. The van der Waals surface area contributed by atoms with E-state index in [0.29, 0.717) is 0 Å². The van der Waals surface area contributed by atoms with Crippen LogP contribution in [0.2, 0.25) is 0 Å². The van der Waals surface area contributed by atoms with Gasteiger partial charge in [0.15, 0.2) is 0 Å². The number of unbranched alkanes of at least 4 members (excludes halogenated alkanes) is 16. The van der Waals surface area contributed by atoms with Crippen molar-refractivity contribution in [2.24, 2.45) is 0 Å². The van der Waals surface area contributed by atoms with Crippen LogP contribution in [0.25, 0.3) is 0 Å². The van der Waals surface area contributed by atoms with E-state index in [9.17, 15) is 0 Å². The van der Waals surface area contributed by atoms with Gasteiger partial charge < -0.3 is 9.47 Å². The van der Waals surface area contributed by atoms with Gasteiger partial charge in [-0.1, -0.05) is 136 Å². The number of hydrogen-bond acceptors (Lipinski definition) is 2. The molecule has 0 unspecified atom stereocenters. The molecule has 0 aliphatic rings. The Morgan fingerprint density at radius 1 is 0.444 bits per heavy atom. The van der Waals surface area contributed by atoms with Gasteiger partial charge in [0, 0.05) is 5.56 Å². The van der Waals surface area contributed by atoms with E-state index in [4.69, 9.17) is 9.47 Å². The molecule has 0 aliphatic heterocycles. The summed E-state index contributed by atoms with van der Waals surface area (Å²) in [6.07, 6.45) is 28.2. The third kappa shape index (κ3) is 15.8. The minimum Gasteiger partial charge on any atom is -0.493 e. The van der Waals surface area contributed by atoms with Gasteiger partial charge >= 0.3 is 0 Å². The van der Waals surface area contributed by atoms with Crippen LogP contribution in [0, 0.1) is 0 Å². The van der Waals surface area contributed by atoms with Crippen LogP contribution in [0.1, 0.15) is 167 Å². The lowest BCUT2D eigenvalue weighted by atomic mass is 9.97. The number of ether oxygens (including phenoxy) is 2. The van der Waals surface area contributed by atoms with E-state index in [1.165, 1.54) is 132 Å². The molecule has 0 saturated heterocycles. The first kappa shape index (κ1) is 32.8. The van der Waals surface area contributed by atoms with E-state index < -0.39 is 0 Å². The highest BCUT2D eigenvalue weighted by molar-refractivity contribution is 5.50. The molecule has 0 atom stereocenters. The lowest BCUT2D eigenvalue weighted by Crippen LogP contribution is -2.08. The Morgan fingerprint density at radius 3 is 1.42 bits per heavy atom. The van der Waals surface area contributed by atoms with Crippen LogP contribution in [-0.4, -0.2) is 13.2 Å². The molecule has 36 heavy (non-hydrogen) atoms. The standard InChI is InChI=1S/C34H62O2/c1-5-9-13-17-21-25-31-27-28-33(35-29-23-19-15-11-7-3)32(26-22-18-14-10-6-2)34(31)36-30-24-20-16-12-8-4/h27-28H,5-26,29-30H2,1-4H3. The summed E-state index contributed by atoms with van der Waals surface area (Å²) in [5.74, 6) is 2.27. The van der Waals surface area contributed by atoms with Crippen molar-refractivity contribution < 1.29 is 9.47 Å². The molecule has 0 N–H and O–H groups in total. The molecule has 0 radical (unpaired) electrons. The highest BCUT2D eigenvalue weighted by Gasteiger charge is 2.16. The predicted octanol–water partition coefficient (Wildman–Crippen LogP) is 11.4. The van der Waals surface area contributed by atoms with Crippen LogP contribution < -0.4 is 9.47 Å². The fourth-order valence-electron chi connectivity index (χ4n) is 5.00. The normalized spacial score (nSPS) is 11.2. The zero-order valence-corrected chi connectivity index (χ0v) is 24.9. The summed E-state index contributed by atoms with van der Waals surface area (Å²) in [5.41, 5.74) is 2.78. The van der Waals surface area contributed by atoms with Gasteiger partial charge in [-0.15, -0.1) is 0 Å². The highest BCUT2D eigenvalue weighted by atomic mass is 16.5. The predicted molar refractivity (Wildman–Crippen MR) is 160 cm³/mol. The Hall–Kier alpha value is -1.18. The van der Waals surface area contributed by atoms with Crippen LogP contribution in [-0.2, 0) is 12.8 Å². The molecule has 210 valence electrons. The van der Waals surface area contributed by atoms with Crippen LogP contribution in [0.5, 0.6) is 11.5 Å². The monoisotopic (exact) mass is 502 g/mol. The highest BCUT2D eigenvalue weighted by Crippen LogP contribution is 2.36. The maximum absolute atomic E-state index is 6.62. The van der Waals surface area contributed by atoms with Gasteiger partial charge in [-0.05, 0) is 50.2 Å². The summed E-state index contributed by atoms with van der Waals surface area (Å²) in [6, 6.07) is 4.59. The average Bonchev–Trinajstić information content (AvgIpc) is 2.89. The van der Waals surface area contributed by atoms with E-state index in [-0.39, 0.29) is 0 Å². The molecule has 1 aromatic carbocycles. The second kappa shape index (κ2) is 24.2. The largest absolute Gasteiger partial charge is 0.493 e. The van der Waals surface area contributed by atoms with Gasteiger partial charge in [-0.25, -0.2) is 0 Å². The molecule has 1 rings (SSSR count). The average molecular weight is 503 g/mol. The molecule has 2 nitrogen and oxygen atoms in total. The van der Waals surface area contributed by atoms with Crippen LogP contribution >= 0.6 is 0 Å². The molecule has 0 bridgehead atoms. The van der Waals surface area contributed by atoms with Crippen molar-refractivity contribution in [2.75, 3.05) is 13.2 Å². The molecule has 0 amide bonds. The van der Waals surface area contributed by atoms with Crippen molar-refractivity contribution in [3.63, 3.8) is 0 Å². The second-order valence-electron chi connectivity index (χ2n) is 10.9. The Kier molecular flexibility index (Phi) is 22.1. The summed E-state index contributed by atoms with van der Waals surface area (Å²) in [5, 5.41) is 0. The molecule has 0 fully saturated rings. The van der Waals surface area contributed by atoms with Crippen molar-refractivity contribution in [3.8, 4) is 11.5 Å².